The molecule has 5 heteroatoms. The van der Waals surface area contributed by atoms with Crippen molar-refractivity contribution in [2.24, 2.45) is 0 Å². The Labute approximate surface area is 149 Å². The molecule has 0 saturated heterocycles. The Morgan fingerprint density at radius 2 is 2.17 bits per heavy atom. The molecule has 1 aliphatic rings. The molecule has 128 valence electrons. The maximum atomic E-state index is 6.46. The minimum atomic E-state index is 0.162. The topological polar surface area (TPSA) is 49.8 Å². The first kappa shape index (κ1) is 17.0. The summed E-state index contributed by atoms with van der Waals surface area (Å²) in [5.41, 5.74) is 4.84. The number of hydrogen-bond acceptors (Lipinski definition) is 4. The van der Waals surface area contributed by atoms with Crippen molar-refractivity contribution in [2.45, 2.75) is 58.5 Å². The molecule has 0 aliphatic carbocycles. The first-order chi connectivity index (χ1) is 11.6. The second-order valence-corrected chi connectivity index (χ2v) is 6.79. The molecule has 2 unspecified atom stereocenters. The molecule has 1 aromatic heterocycles. The maximum absolute atomic E-state index is 6.46. The Hall–Kier alpha value is -1.81. The first-order valence-electron chi connectivity index (χ1n) is 8.78. The smallest absolute Gasteiger partial charge is 0.149 e. The van der Waals surface area contributed by atoms with Crippen molar-refractivity contribution in [1.82, 2.24) is 9.97 Å². The second-order valence-electron chi connectivity index (χ2n) is 6.41. The molecule has 2 N–H and O–H groups in total. The molecule has 4 nitrogen and oxygen atoms in total. The minimum absolute atomic E-state index is 0.162. The van der Waals surface area contributed by atoms with Crippen LogP contribution in [0.4, 0.5) is 11.5 Å². The summed E-state index contributed by atoms with van der Waals surface area (Å²) in [5, 5.41) is 7.82. The Morgan fingerprint density at radius 1 is 1.33 bits per heavy atom. The number of aromatic nitrogens is 2. The van der Waals surface area contributed by atoms with Gasteiger partial charge in [0.15, 0.2) is 0 Å². The SMILES string of the molecule is CCc1ncnc(NC(CC)c2cccc3c2NC(C)CC3)c1Cl. The van der Waals surface area contributed by atoms with Crippen molar-refractivity contribution in [3.05, 3.63) is 46.4 Å². The molecular weight excluding hydrogens is 320 g/mol. The zero-order valence-corrected chi connectivity index (χ0v) is 15.3. The molecule has 0 radical (unpaired) electrons. The average Bonchev–Trinajstić information content (AvgIpc) is 2.60. The van der Waals surface area contributed by atoms with Gasteiger partial charge < -0.3 is 10.6 Å². The first-order valence-corrected chi connectivity index (χ1v) is 9.16. The monoisotopic (exact) mass is 344 g/mol. The number of aryl methyl sites for hydroxylation is 2. The van der Waals surface area contributed by atoms with Crippen molar-refractivity contribution < 1.29 is 0 Å². The van der Waals surface area contributed by atoms with E-state index in [1.807, 2.05) is 6.92 Å². The third-order valence-electron chi connectivity index (χ3n) is 4.71. The number of para-hydroxylation sites is 1. The van der Waals surface area contributed by atoms with E-state index >= 15 is 0 Å². The number of nitrogens with zero attached hydrogens (tertiary/aromatic N) is 2. The molecule has 0 saturated carbocycles. The Morgan fingerprint density at radius 3 is 2.92 bits per heavy atom. The number of anilines is 2. The normalized spacial score (nSPS) is 17.8. The highest BCUT2D eigenvalue weighted by molar-refractivity contribution is 6.33. The molecule has 1 aliphatic heterocycles. The number of fused-ring (bicyclic) bond motifs is 1. The Balaban J connectivity index is 1.93. The number of hydrogen-bond donors (Lipinski definition) is 2. The molecule has 1 aromatic carbocycles. The van der Waals surface area contributed by atoms with Crippen molar-refractivity contribution in [2.75, 3.05) is 10.6 Å². The van der Waals surface area contributed by atoms with Crippen LogP contribution in [-0.2, 0) is 12.8 Å². The molecule has 2 aromatic rings. The minimum Gasteiger partial charge on any atom is -0.382 e. The molecule has 3 rings (SSSR count). The van der Waals surface area contributed by atoms with E-state index in [2.05, 4.69) is 52.6 Å². The fourth-order valence-corrected chi connectivity index (χ4v) is 3.59. The lowest BCUT2D eigenvalue weighted by Gasteiger charge is -2.30. The van der Waals surface area contributed by atoms with Crippen LogP contribution in [0, 0.1) is 0 Å². The molecule has 0 amide bonds. The highest BCUT2D eigenvalue weighted by Crippen LogP contribution is 2.36. The quantitative estimate of drug-likeness (QED) is 0.801. The van der Waals surface area contributed by atoms with E-state index in [1.165, 1.54) is 23.2 Å². The van der Waals surface area contributed by atoms with E-state index < -0.39 is 0 Å². The summed E-state index contributed by atoms with van der Waals surface area (Å²) < 4.78 is 0. The third-order valence-corrected chi connectivity index (χ3v) is 5.11. The molecule has 0 fully saturated rings. The lowest BCUT2D eigenvalue weighted by atomic mass is 9.92. The number of rotatable bonds is 5. The fraction of sp³-hybridized carbons (Fsp3) is 0.474. The van der Waals surface area contributed by atoms with Gasteiger partial charge in [-0.25, -0.2) is 9.97 Å². The van der Waals surface area contributed by atoms with E-state index in [1.54, 1.807) is 6.33 Å². The van der Waals surface area contributed by atoms with Gasteiger partial charge in [0, 0.05) is 11.7 Å². The van der Waals surface area contributed by atoms with Crippen molar-refractivity contribution in [3.63, 3.8) is 0 Å². The Bertz CT molecular complexity index is 717. The van der Waals surface area contributed by atoms with Gasteiger partial charge in [0.25, 0.3) is 0 Å². The van der Waals surface area contributed by atoms with E-state index in [4.69, 9.17) is 11.6 Å². The molecule has 2 heterocycles. The number of benzene rings is 1. The fourth-order valence-electron chi connectivity index (χ4n) is 3.30. The molecule has 0 spiro atoms. The summed E-state index contributed by atoms with van der Waals surface area (Å²) in [6, 6.07) is 7.23. The van der Waals surface area contributed by atoms with Gasteiger partial charge in [-0.2, -0.15) is 0 Å². The molecular formula is C19H25ClN4. The lowest BCUT2D eigenvalue weighted by molar-refractivity contribution is 0.668. The van der Waals surface area contributed by atoms with Gasteiger partial charge in [0.1, 0.15) is 17.2 Å². The molecule has 2 atom stereocenters. The standard InChI is InChI=1S/C19H25ClN4/c1-4-15(24-19-17(20)16(5-2)21-11-22-19)14-8-6-7-13-10-9-12(3)23-18(13)14/h6-8,11-12,15,23H,4-5,9-10H2,1-3H3,(H,21,22,24). The van der Waals surface area contributed by atoms with Crippen LogP contribution in [0.25, 0.3) is 0 Å². The van der Waals surface area contributed by atoms with Gasteiger partial charge in [0.05, 0.1) is 11.7 Å². The Kier molecular flexibility index (Phi) is 5.24. The lowest BCUT2D eigenvalue weighted by Crippen LogP contribution is -2.25. The summed E-state index contributed by atoms with van der Waals surface area (Å²) in [4.78, 5) is 8.60. The van der Waals surface area contributed by atoms with Crippen LogP contribution in [0.15, 0.2) is 24.5 Å². The van der Waals surface area contributed by atoms with Crippen molar-refractivity contribution in [3.8, 4) is 0 Å². The van der Waals surface area contributed by atoms with Crippen molar-refractivity contribution in [1.29, 1.82) is 0 Å². The second kappa shape index (κ2) is 7.39. The van der Waals surface area contributed by atoms with Crippen LogP contribution in [0.3, 0.4) is 0 Å². The highest BCUT2D eigenvalue weighted by Gasteiger charge is 2.22. The van der Waals surface area contributed by atoms with Crippen LogP contribution in [0.5, 0.6) is 0 Å². The van der Waals surface area contributed by atoms with Gasteiger partial charge in [-0.1, -0.05) is 43.6 Å². The molecule has 0 bridgehead atoms. The van der Waals surface area contributed by atoms with E-state index in [0.717, 1.165) is 30.8 Å². The van der Waals surface area contributed by atoms with E-state index in [9.17, 15) is 0 Å². The van der Waals surface area contributed by atoms with Gasteiger partial charge in [-0.15, -0.1) is 0 Å². The predicted molar refractivity (Wildman–Crippen MR) is 101 cm³/mol. The van der Waals surface area contributed by atoms with Crippen LogP contribution >= 0.6 is 11.6 Å². The summed E-state index contributed by atoms with van der Waals surface area (Å²) in [6.07, 6.45) is 5.64. The maximum Gasteiger partial charge on any atom is 0.149 e. The zero-order valence-electron chi connectivity index (χ0n) is 14.6. The number of nitrogens with one attached hydrogen (secondary N) is 2. The van der Waals surface area contributed by atoms with Crippen LogP contribution in [-0.4, -0.2) is 16.0 Å². The van der Waals surface area contributed by atoms with Crippen LogP contribution < -0.4 is 10.6 Å². The molecule has 24 heavy (non-hydrogen) atoms. The van der Waals surface area contributed by atoms with Crippen LogP contribution in [0.2, 0.25) is 5.02 Å². The average molecular weight is 345 g/mol. The summed E-state index contributed by atoms with van der Waals surface area (Å²) in [5.74, 6) is 0.719. The van der Waals surface area contributed by atoms with E-state index in [-0.39, 0.29) is 6.04 Å². The van der Waals surface area contributed by atoms with Gasteiger partial charge in [-0.3, -0.25) is 0 Å². The van der Waals surface area contributed by atoms with Crippen molar-refractivity contribution >= 4 is 23.1 Å². The zero-order chi connectivity index (χ0) is 17.1. The number of halogens is 1. The third kappa shape index (κ3) is 3.34. The predicted octanol–water partition coefficient (Wildman–Crippen LogP) is 5.00. The van der Waals surface area contributed by atoms with Gasteiger partial charge >= 0.3 is 0 Å². The summed E-state index contributed by atoms with van der Waals surface area (Å²) in [6.45, 7) is 6.47. The van der Waals surface area contributed by atoms with E-state index in [0.29, 0.717) is 11.1 Å². The summed E-state index contributed by atoms with van der Waals surface area (Å²) >= 11 is 6.46. The van der Waals surface area contributed by atoms with Gasteiger partial charge in [0.2, 0.25) is 0 Å². The van der Waals surface area contributed by atoms with Gasteiger partial charge in [-0.05, 0) is 43.7 Å². The summed E-state index contributed by atoms with van der Waals surface area (Å²) in [7, 11) is 0. The largest absolute Gasteiger partial charge is 0.382 e. The van der Waals surface area contributed by atoms with Crippen LogP contribution in [0.1, 0.15) is 56.5 Å². The highest BCUT2D eigenvalue weighted by atomic mass is 35.5.